The fraction of sp³-hybridized carbons (Fsp3) is 0.412. The minimum Gasteiger partial charge on any atom is -0.389 e. The van der Waals surface area contributed by atoms with Crippen LogP contribution in [-0.2, 0) is 11.2 Å². The number of carbonyl (C=O) groups is 1. The van der Waals surface area contributed by atoms with Gasteiger partial charge in [0.05, 0.1) is 0 Å². The molecule has 4 nitrogen and oxygen atoms in total. The third-order valence-corrected chi connectivity index (χ3v) is 3.08. The lowest BCUT2D eigenvalue weighted by atomic mass is 10.1. The second-order valence-corrected chi connectivity index (χ2v) is 5.40. The van der Waals surface area contributed by atoms with Crippen LogP contribution in [0.4, 0.5) is 0 Å². The topological polar surface area (TPSA) is 64.9 Å². The molecule has 4 heteroatoms. The summed E-state index contributed by atoms with van der Waals surface area (Å²) in [5.41, 5.74) is 2.63. The SMILES string of the molecule is Cc1ccccc1CCN/C=C(/C#N)C(=O)NCC(C)C. The number of hydrogen-bond acceptors (Lipinski definition) is 3. The molecular formula is C17H23N3O. The van der Waals surface area contributed by atoms with Crippen LogP contribution < -0.4 is 10.6 Å². The molecule has 0 aliphatic carbocycles. The van der Waals surface area contributed by atoms with Crippen LogP contribution in [-0.4, -0.2) is 19.0 Å². The van der Waals surface area contributed by atoms with Crippen molar-refractivity contribution in [2.75, 3.05) is 13.1 Å². The maximum Gasteiger partial charge on any atom is 0.263 e. The highest BCUT2D eigenvalue weighted by molar-refractivity contribution is 5.97. The van der Waals surface area contributed by atoms with Gasteiger partial charge in [0.25, 0.3) is 5.91 Å². The summed E-state index contributed by atoms with van der Waals surface area (Å²) in [7, 11) is 0. The monoisotopic (exact) mass is 285 g/mol. The van der Waals surface area contributed by atoms with Gasteiger partial charge in [0.15, 0.2) is 0 Å². The molecule has 1 aromatic carbocycles. The summed E-state index contributed by atoms with van der Waals surface area (Å²) in [5.74, 6) is 0.0394. The quantitative estimate of drug-likeness (QED) is 0.459. The zero-order valence-corrected chi connectivity index (χ0v) is 12.9. The van der Waals surface area contributed by atoms with Crippen molar-refractivity contribution in [1.82, 2.24) is 10.6 Å². The average Bonchev–Trinajstić information content (AvgIpc) is 2.46. The number of aryl methyl sites for hydroxylation is 1. The first kappa shape index (κ1) is 16.8. The van der Waals surface area contributed by atoms with Gasteiger partial charge >= 0.3 is 0 Å². The Morgan fingerprint density at radius 3 is 2.71 bits per heavy atom. The van der Waals surface area contributed by atoms with Crippen LogP contribution >= 0.6 is 0 Å². The number of carbonyl (C=O) groups excluding carboxylic acids is 1. The summed E-state index contributed by atoms with van der Waals surface area (Å²) in [6.45, 7) is 7.35. The van der Waals surface area contributed by atoms with E-state index in [1.807, 2.05) is 32.0 Å². The first-order chi connectivity index (χ1) is 10.0. The standard InChI is InChI=1S/C17H23N3O/c1-13(2)11-20-17(21)16(10-18)12-19-9-8-15-7-5-4-6-14(15)3/h4-7,12-13,19H,8-9,11H2,1-3H3,(H,20,21)/b16-12-. The van der Waals surface area contributed by atoms with Crippen LogP contribution in [0.15, 0.2) is 36.0 Å². The van der Waals surface area contributed by atoms with E-state index in [1.54, 1.807) is 0 Å². The molecule has 0 atom stereocenters. The molecule has 0 aliphatic heterocycles. The maximum absolute atomic E-state index is 11.8. The molecule has 1 rings (SSSR count). The Morgan fingerprint density at radius 2 is 2.10 bits per heavy atom. The largest absolute Gasteiger partial charge is 0.389 e. The molecule has 0 fully saturated rings. The Hall–Kier alpha value is -2.28. The maximum atomic E-state index is 11.8. The van der Waals surface area contributed by atoms with Crippen molar-refractivity contribution in [2.24, 2.45) is 5.92 Å². The van der Waals surface area contributed by atoms with E-state index in [-0.39, 0.29) is 11.5 Å². The average molecular weight is 285 g/mol. The normalized spacial score (nSPS) is 11.1. The van der Waals surface area contributed by atoms with Crippen LogP contribution in [0.3, 0.4) is 0 Å². The first-order valence-electron chi connectivity index (χ1n) is 7.21. The fourth-order valence-electron chi connectivity index (χ4n) is 1.81. The van der Waals surface area contributed by atoms with Crippen LogP contribution in [0.1, 0.15) is 25.0 Å². The van der Waals surface area contributed by atoms with Gasteiger partial charge in [0, 0.05) is 19.3 Å². The van der Waals surface area contributed by atoms with E-state index >= 15 is 0 Å². The third kappa shape index (κ3) is 6.13. The summed E-state index contributed by atoms with van der Waals surface area (Å²) in [6, 6.07) is 10.1. The molecule has 0 unspecified atom stereocenters. The predicted octanol–water partition coefficient (Wildman–Crippen LogP) is 2.31. The van der Waals surface area contributed by atoms with E-state index in [0.717, 1.165) is 6.42 Å². The number of benzene rings is 1. The molecule has 0 bridgehead atoms. The van der Waals surface area contributed by atoms with E-state index in [9.17, 15) is 4.79 Å². The van der Waals surface area contributed by atoms with Crippen molar-refractivity contribution >= 4 is 5.91 Å². The van der Waals surface area contributed by atoms with E-state index in [4.69, 9.17) is 5.26 Å². The highest BCUT2D eigenvalue weighted by atomic mass is 16.1. The number of nitriles is 1. The molecule has 0 heterocycles. The second kappa shape index (κ2) is 8.80. The molecule has 21 heavy (non-hydrogen) atoms. The lowest BCUT2D eigenvalue weighted by molar-refractivity contribution is -0.117. The van der Waals surface area contributed by atoms with Crippen LogP contribution in [0.5, 0.6) is 0 Å². The summed E-state index contributed by atoms with van der Waals surface area (Å²) < 4.78 is 0. The van der Waals surface area contributed by atoms with E-state index in [2.05, 4.69) is 29.7 Å². The Morgan fingerprint density at radius 1 is 1.38 bits per heavy atom. The number of hydrogen-bond donors (Lipinski definition) is 2. The zero-order valence-electron chi connectivity index (χ0n) is 12.9. The number of nitrogens with one attached hydrogen (secondary N) is 2. The van der Waals surface area contributed by atoms with Gasteiger partial charge in [-0.2, -0.15) is 5.26 Å². The Labute approximate surface area is 126 Å². The molecule has 0 saturated carbocycles. The lowest BCUT2D eigenvalue weighted by Gasteiger charge is -2.08. The molecule has 2 N–H and O–H groups in total. The van der Waals surface area contributed by atoms with Gasteiger partial charge in [-0.15, -0.1) is 0 Å². The molecule has 0 radical (unpaired) electrons. The van der Waals surface area contributed by atoms with Gasteiger partial charge in [-0.1, -0.05) is 38.1 Å². The Kier molecular flexibility index (Phi) is 7.03. The molecule has 1 amide bonds. The van der Waals surface area contributed by atoms with Crippen LogP contribution in [0.2, 0.25) is 0 Å². The molecule has 0 spiro atoms. The van der Waals surface area contributed by atoms with Gasteiger partial charge in [0.1, 0.15) is 11.6 Å². The molecule has 0 saturated heterocycles. The van der Waals surface area contributed by atoms with Crippen molar-refractivity contribution in [1.29, 1.82) is 5.26 Å². The molecule has 0 aliphatic rings. The van der Waals surface area contributed by atoms with Crippen molar-refractivity contribution in [3.63, 3.8) is 0 Å². The number of nitrogens with zero attached hydrogens (tertiary/aromatic N) is 1. The Bertz CT molecular complexity index is 541. The molecule has 1 aromatic rings. The van der Waals surface area contributed by atoms with Crippen LogP contribution in [0.25, 0.3) is 0 Å². The van der Waals surface area contributed by atoms with E-state index in [0.29, 0.717) is 19.0 Å². The van der Waals surface area contributed by atoms with Crippen molar-refractivity contribution in [3.8, 4) is 6.07 Å². The Balaban J connectivity index is 2.45. The molecule has 0 aromatic heterocycles. The van der Waals surface area contributed by atoms with Gasteiger partial charge in [0.2, 0.25) is 0 Å². The van der Waals surface area contributed by atoms with Gasteiger partial charge in [-0.25, -0.2) is 0 Å². The van der Waals surface area contributed by atoms with Gasteiger partial charge in [-0.3, -0.25) is 4.79 Å². The zero-order chi connectivity index (χ0) is 15.7. The molecule has 112 valence electrons. The minimum atomic E-state index is -0.324. The summed E-state index contributed by atoms with van der Waals surface area (Å²) in [4.78, 5) is 11.8. The van der Waals surface area contributed by atoms with E-state index < -0.39 is 0 Å². The lowest BCUT2D eigenvalue weighted by Crippen LogP contribution is -2.29. The first-order valence-corrected chi connectivity index (χ1v) is 7.21. The smallest absolute Gasteiger partial charge is 0.263 e. The number of rotatable bonds is 7. The second-order valence-electron chi connectivity index (χ2n) is 5.40. The van der Waals surface area contributed by atoms with Crippen LogP contribution in [0, 0.1) is 24.2 Å². The molecular weight excluding hydrogens is 262 g/mol. The summed E-state index contributed by atoms with van der Waals surface area (Å²) in [6.07, 6.45) is 2.35. The third-order valence-electron chi connectivity index (χ3n) is 3.08. The van der Waals surface area contributed by atoms with Crippen molar-refractivity contribution < 1.29 is 4.79 Å². The van der Waals surface area contributed by atoms with Crippen molar-refractivity contribution in [2.45, 2.75) is 27.2 Å². The summed E-state index contributed by atoms with van der Waals surface area (Å²) in [5, 5.41) is 14.8. The van der Waals surface area contributed by atoms with E-state index in [1.165, 1.54) is 17.3 Å². The highest BCUT2D eigenvalue weighted by Gasteiger charge is 2.08. The fourth-order valence-corrected chi connectivity index (χ4v) is 1.81. The highest BCUT2D eigenvalue weighted by Crippen LogP contribution is 2.06. The van der Waals surface area contributed by atoms with Gasteiger partial charge in [-0.05, 0) is 30.4 Å². The predicted molar refractivity (Wildman–Crippen MR) is 84.4 cm³/mol. The van der Waals surface area contributed by atoms with Crippen molar-refractivity contribution in [3.05, 3.63) is 47.2 Å². The van der Waals surface area contributed by atoms with Gasteiger partial charge < -0.3 is 10.6 Å². The summed E-state index contributed by atoms with van der Waals surface area (Å²) >= 11 is 0. The minimum absolute atomic E-state index is 0.112. The number of amides is 1.